The lowest BCUT2D eigenvalue weighted by atomic mass is 10.1. The van der Waals surface area contributed by atoms with Gasteiger partial charge in [-0.05, 0) is 49.6 Å². The first-order valence-corrected chi connectivity index (χ1v) is 6.80. The molecule has 0 aromatic carbocycles. The van der Waals surface area contributed by atoms with Crippen molar-refractivity contribution < 1.29 is 5.11 Å². The fourth-order valence-electron chi connectivity index (χ4n) is 2.31. The number of aliphatic hydroxyl groups excluding tert-OH is 1. The molecule has 0 atom stereocenters. The molecule has 2 aromatic heterocycles. The third kappa shape index (κ3) is 3.33. The van der Waals surface area contributed by atoms with Crippen molar-refractivity contribution in [1.82, 2.24) is 9.97 Å². The van der Waals surface area contributed by atoms with E-state index in [9.17, 15) is 5.11 Å². The molecule has 0 unspecified atom stereocenters. The van der Waals surface area contributed by atoms with Gasteiger partial charge in [0.15, 0.2) is 0 Å². The van der Waals surface area contributed by atoms with Crippen molar-refractivity contribution in [2.75, 3.05) is 18.5 Å². The number of pyridine rings is 2. The fraction of sp³-hybridized carbons (Fsp3) is 0.375. The number of aromatic nitrogens is 2. The second kappa shape index (κ2) is 6.48. The van der Waals surface area contributed by atoms with Crippen LogP contribution < -0.4 is 4.90 Å². The van der Waals surface area contributed by atoms with Crippen molar-refractivity contribution in [1.29, 1.82) is 0 Å². The van der Waals surface area contributed by atoms with Gasteiger partial charge in [0.05, 0.1) is 6.61 Å². The van der Waals surface area contributed by atoms with Crippen molar-refractivity contribution >= 4 is 5.82 Å². The molecule has 0 spiro atoms. The molecule has 0 aliphatic heterocycles. The highest BCUT2D eigenvalue weighted by Crippen LogP contribution is 2.21. The number of hydrogen-bond acceptors (Lipinski definition) is 4. The quantitative estimate of drug-likeness (QED) is 0.906. The average Bonchev–Trinajstić information content (AvgIpc) is 2.45. The van der Waals surface area contributed by atoms with Gasteiger partial charge in [0, 0.05) is 37.2 Å². The molecule has 1 N–H and O–H groups in total. The van der Waals surface area contributed by atoms with Crippen molar-refractivity contribution in [2.24, 2.45) is 0 Å². The fourth-order valence-corrected chi connectivity index (χ4v) is 2.31. The minimum Gasteiger partial charge on any atom is -0.392 e. The molecule has 0 fully saturated rings. The van der Waals surface area contributed by atoms with Crippen LogP contribution in [0.3, 0.4) is 0 Å². The third-order valence-electron chi connectivity index (χ3n) is 3.46. The number of nitrogens with zero attached hydrogens (tertiary/aromatic N) is 3. The normalized spacial score (nSPS) is 10.6. The average molecular weight is 271 g/mol. The summed E-state index contributed by atoms with van der Waals surface area (Å²) in [5, 5.41) is 9.55. The lowest BCUT2D eigenvalue weighted by Gasteiger charge is -2.22. The van der Waals surface area contributed by atoms with Crippen LogP contribution in [0.5, 0.6) is 0 Å². The Morgan fingerprint density at radius 1 is 1.20 bits per heavy atom. The van der Waals surface area contributed by atoms with Gasteiger partial charge < -0.3 is 10.0 Å². The van der Waals surface area contributed by atoms with E-state index in [2.05, 4.69) is 14.9 Å². The van der Waals surface area contributed by atoms with Gasteiger partial charge in [0.2, 0.25) is 0 Å². The lowest BCUT2D eigenvalue weighted by molar-refractivity contribution is 0.281. The Kier molecular flexibility index (Phi) is 4.69. The van der Waals surface area contributed by atoms with Crippen LogP contribution >= 0.6 is 0 Å². The van der Waals surface area contributed by atoms with Gasteiger partial charge in [-0.3, -0.25) is 4.98 Å². The first-order chi connectivity index (χ1) is 9.61. The summed E-state index contributed by atoms with van der Waals surface area (Å²) < 4.78 is 0. The summed E-state index contributed by atoms with van der Waals surface area (Å²) in [6.07, 6.45) is 4.55. The summed E-state index contributed by atoms with van der Waals surface area (Å²) in [6, 6.07) is 6.05. The predicted octanol–water partition coefficient (Wildman–Crippen LogP) is 2.26. The summed E-state index contributed by atoms with van der Waals surface area (Å²) in [6.45, 7) is 4.87. The maximum Gasteiger partial charge on any atom is 0.134 e. The summed E-state index contributed by atoms with van der Waals surface area (Å²) in [5.74, 6) is 0.874. The molecule has 0 radical (unpaired) electrons. The maximum absolute atomic E-state index is 9.55. The SMILES string of the molecule is Cc1cc(C)c(CO)c(N(C)CCc2ccncc2)n1. The van der Waals surface area contributed by atoms with Crippen LogP contribution in [0, 0.1) is 13.8 Å². The van der Waals surface area contributed by atoms with Gasteiger partial charge in [-0.1, -0.05) is 0 Å². The van der Waals surface area contributed by atoms with Crippen LogP contribution in [0.25, 0.3) is 0 Å². The van der Waals surface area contributed by atoms with Crippen LogP contribution in [0.1, 0.15) is 22.4 Å². The molecule has 4 nitrogen and oxygen atoms in total. The van der Waals surface area contributed by atoms with Crippen LogP contribution in [-0.2, 0) is 13.0 Å². The molecule has 2 aromatic rings. The monoisotopic (exact) mass is 271 g/mol. The summed E-state index contributed by atoms with van der Waals surface area (Å²) >= 11 is 0. The molecule has 4 heteroatoms. The van der Waals surface area contributed by atoms with Crippen LogP contribution in [0.15, 0.2) is 30.6 Å². The first kappa shape index (κ1) is 14.5. The molecular formula is C16H21N3O. The Labute approximate surface area is 120 Å². The second-order valence-electron chi connectivity index (χ2n) is 5.07. The van der Waals surface area contributed by atoms with Crippen molar-refractivity contribution in [3.8, 4) is 0 Å². The minimum atomic E-state index is 0.0219. The smallest absolute Gasteiger partial charge is 0.134 e. The molecule has 0 saturated heterocycles. The van der Waals surface area contributed by atoms with Gasteiger partial charge in [-0.25, -0.2) is 4.98 Å². The van der Waals surface area contributed by atoms with E-state index in [1.54, 1.807) is 0 Å². The van der Waals surface area contributed by atoms with E-state index in [1.165, 1.54) is 5.56 Å². The van der Waals surface area contributed by atoms with E-state index in [0.717, 1.165) is 35.6 Å². The summed E-state index contributed by atoms with van der Waals surface area (Å²) in [5.41, 5.74) is 4.23. The maximum atomic E-state index is 9.55. The molecular weight excluding hydrogens is 250 g/mol. The number of aliphatic hydroxyl groups is 1. The number of likely N-dealkylation sites (N-methyl/N-ethyl adjacent to an activating group) is 1. The van der Waals surface area contributed by atoms with E-state index in [0.29, 0.717) is 0 Å². The number of rotatable bonds is 5. The van der Waals surface area contributed by atoms with Crippen molar-refractivity contribution in [3.63, 3.8) is 0 Å². The zero-order valence-electron chi connectivity index (χ0n) is 12.3. The number of aryl methyl sites for hydroxylation is 2. The Morgan fingerprint density at radius 2 is 1.90 bits per heavy atom. The molecule has 2 heterocycles. The summed E-state index contributed by atoms with van der Waals surface area (Å²) in [7, 11) is 2.02. The molecule has 0 saturated carbocycles. The Morgan fingerprint density at radius 3 is 2.55 bits per heavy atom. The van der Waals surface area contributed by atoms with E-state index in [4.69, 9.17) is 0 Å². The Balaban J connectivity index is 2.14. The standard InChI is InChI=1S/C16H21N3O/c1-12-10-13(2)18-16(15(12)11-20)19(3)9-6-14-4-7-17-8-5-14/h4-5,7-8,10,20H,6,9,11H2,1-3H3. The van der Waals surface area contributed by atoms with E-state index in [-0.39, 0.29) is 6.61 Å². The number of hydrogen-bond donors (Lipinski definition) is 1. The lowest BCUT2D eigenvalue weighted by Crippen LogP contribution is -2.23. The third-order valence-corrected chi connectivity index (χ3v) is 3.46. The highest BCUT2D eigenvalue weighted by Gasteiger charge is 2.12. The topological polar surface area (TPSA) is 49.2 Å². The Hall–Kier alpha value is -1.94. The van der Waals surface area contributed by atoms with Gasteiger partial charge >= 0.3 is 0 Å². The van der Waals surface area contributed by atoms with Crippen LogP contribution in [0.2, 0.25) is 0 Å². The van der Waals surface area contributed by atoms with E-state index in [1.807, 2.05) is 51.5 Å². The minimum absolute atomic E-state index is 0.0219. The predicted molar refractivity (Wildman–Crippen MR) is 80.8 cm³/mol. The largest absolute Gasteiger partial charge is 0.392 e. The molecule has 0 bridgehead atoms. The Bertz CT molecular complexity index is 569. The molecule has 106 valence electrons. The van der Waals surface area contributed by atoms with E-state index < -0.39 is 0 Å². The van der Waals surface area contributed by atoms with Crippen molar-refractivity contribution in [3.05, 3.63) is 53.0 Å². The zero-order valence-corrected chi connectivity index (χ0v) is 12.3. The molecule has 2 rings (SSSR count). The van der Waals surface area contributed by atoms with Gasteiger partial charge in [0.1, 0.15) is 5.82 Å². The molecule has 0 aliphatic carbocycles. The van der Waals surface area contributed by atoms with Gasteiger partial charge in [-0.2, -0.15) is 0 Å². The summed E-state index contributed by atoms with van der Waals surface area (Å²) in [4.78, 5) is 10.7. The second-order valence-corrected chi connectivity index (χ2v) is 5.07. The van der Waals surface area contributed by atoms with Crippen molar-refractivity contribution in [2.45, 2.75) is 26.9 Å². The van der Waals surface area contributed by atoms with Crippen LogP contribution in [0.4, 0.5) is 5.82 Å². The number of anilines is 1. The molecule has 0 aliphatic rings. The zero-order chi connectivity index (χ0) is 14.5. The van der Waals surface area contributed by atoms with E-state index >= 15 is 0 Å². The highest BCUT2D eigenvalue weighted by atomic mass is 16.3. The van der Waals surface area contributed by atoms with Gasteiger partial charge in [0.25, 0.3) is 0 Å². The first-order valence-electron chi connectivity index (χ1n) is 6.80. The van der Waals surface area contributed by atoms with Crippen LogP contribution in [-0.4, -0.2) is 28.7 Å². The van der Waals surface area contributed by atoms with Gasteiger partial charge in [-0.15, -0.1) is 0 Å². The molecule has 0 amide bonds. The molecule has 20 heavy (non-hydrogen) atoms. The highest BCUT2D eigenvalue weighted by molar-refractivity contribution is 5.50.